The second-order valence-electron chi connectivity index (χ2n) is 4.55. The van der Waals surface area contributed by atoms with Crippen molar-refractivity contribution in [3.8, 4) is 0 Å². The molecule has 2 rings (SSSR count). The average Bonchev–Trinajstić information content (AvgIpc) is 2.72. The number of hydrogen-bond donors (Lipinski definition) is 1. The van der Waals surface area contributed by atoms with Gasteiger partial charge in [0.15, 0.2) is 0 Å². The van der Waals surface area contributed by atoms with Crippen LogP contribution in [0.3, 0.4) is 0 Å². The number of rotatable bonds is 4. The van der Waals surface area contributed by atoms with E-state index in [0.29, 0.717) is 5.56 Å². The van der Waals surface area contributed by atoms with Crippen LogP contribution >= 0.6 is 0 Å². The van der Waals surface area contributed by atoms with E-state index in [0.717, 1.165) is 29.9 Å². The Bertz CT molecular complexity index is 578. The van der Waals surface area contributed by atoms with Gasteiger partial charge in [-0.2, -0.15) is 5.10 Å². The standard InChI is InChI=1S/C14H17F2N3/c1-4-13-14(8-19(3)18-13)17-9(2)11-7-10(15)5-6-12(11)16/h5-9,17H,4H2,1-3H3. The lowest BCUT2D eigenvalue weighted by molar-refractivity contribution is 0.577. The normalized spacial score (nSPS) is 12.5. The van der Waals surface area contributed by atoms with E-state index in [4.69, 9.17) is 0 Å². The fourth-order valence-electron chi connectivity index (χ4n) is 2.07. The number of nitrogens with one attached hydrogen (secondary N) is 1. The highest BCUT2D eigenvalue weighted by atomic mass is 19.1. The minimum Gasteiger partial charge on any atom is -0.376 e. The van der Waals surface area contributed by atoms with Crippen molar-refractivity contribution in [3.05, 3.63) is 47.3 Å². The molecule has 19 heavy (non-hydrogen) atoms. The Morgan fingerprint density at radius 2 is 2.11 bits per heavy atom. The Kier molecular flexibility index (Phi) is 3.83. The second-order valence-corrected chi connectivity index (χ2v) is 4.55. The van der Waals surface area contributed by atoms with Crippen LogP contribution in [0, 0.1) is 11.6 Å². The third kappa shape index (κ3) is 2.92. The monoisotopic (exact) mass is 265 g/mol. The van der Waals surface area contributed by atoms with E-state index in [9.17, 15) is 8.78 Å². The molecule has 1 N–H and O–H groups in total. The van der Waals surface area contributed by atoms with Crippen LogP contribution in [0.1, 0.15) is 31.1 Å². The van der Waals surface area contributed by atoms with E-state index in [2.05, 4.69) is 10.4 Å². The van der Waals surface area contributed by atoms with Crippen molar-refractivity contribution >= 4 is 5.69 Å². The summed E-state index contributed by atoms with van der Waals surface area (Å²) in [6, 6.07) is 3.15. The zero-order valence-corrected chi connectivity index (χ0v) is 11.2. The van der Waals surface area contributed by atoms with Crippen LogP contribution in [0.2, 0.25) is 0 Å². The first-order chi connectivity index (χ1) is 9.01. The maximum absolute atomic E-state index is 13.7. The molecule has 0 spiro atoms. The van der Waals surface area contributed by atoms with E-state index in [1.54, 1.807) is 11.6 Å². The summed E-state index contributed by atoms with van der Waals surface area (Å²) in [6.07, 6.45) is 2.62. The number of anilines is 1. The molecule has 0 saturated carbocycles. The molecule has 0 aliphatic heterocycles. The Morgan fingerprint density at radius 3 is 2.79 bits per heavy atom. The Labute approximate surface area is 111 Å². The lowest BCUT2D eigenvalue weighted by Crippen LogP contribution is -2.09. The molecule has 2 aromatic rings. The van der Waals surface area contributed by atoms with Crippen LogP contribution in [-0.2, 0) is 13.5 Å². The van der Waals surface area contributed by atoms with Gasteiger partial charge >= 0.3 is 0 Å². The number of aromatic nitrogens is 2. The highest BCUT2D eigenvalue weighted by Crippen LogP contribution is 2.24. The number of aryl methyl sites for hydroxylation is 2. The van der Waals surface area contributed by atoms with E-state index in [-0.39, 0.29) is 6.04 Å². The van der Waals surface area contributed by atoms with Crippen LogP contribution in [0.25, 0.3) is 0 Å². The largest absolute Gasteiger partial charge is 0.376 e. The SMILES string of the molecule is CCc1nn(C)cc1NC(C)c1cc(F)ccc1F. The topological polar surface area (TPSA) is 29.9 Å². The summed E-state index contributed by atoms with van der Waals surface area (Å²) >= 11 is 0. The molecule has 0 aliphatic rings. The number of nitrogens with zero attached hydrogens (tertiary/aromatic N) is 2. The van der Waals surface area contributed by atoms with E-state index < -0.39 is 11.6 Å². The number of benzene rings is 1. The summed E-state index contributed by atoms with van der Waals surface area (Å²) in [7, 11) is 1.83. The first kappa shape index (κ1) is 13.5. The van der Waals surface area contributed by atoms with Crippen molar-refractivity contribution < 1.29 is 8.78 Å². The molecule has 1 atom stereocenters. The minimum atomic E-state index is -0.438. The summed E-state index contributed by atoms with van der Waals surface area (Å²) in [4.78, 5) is 0. The molecule has 1 aromatic carbocycles. The highest BCUT2D eigenvalue weighted by molar-refractivity contribution is 5.48. The number of halogens is 2. The van der Waals surface area contributed by atoms with E-state index in [1.165, 1.54) is 6.07 Å². The molecule has 0 amide bonds. The zero-order valence-electron chi connectivity index (χ0n) is 11.2. The molecule has 0 saturated heterocycles. The van der Waals surface area contributed by atoms with Crippen LogP contribution < -0.4 is 5.32 Å². The molecule has 0 bridgehead atoms. The predicted molar refractivity (Wildman–Crippen MR) is 71.0 cm³/mol. The van der Waals surface area contributed by atoms with Crippen LogP contribution in [0.4, 0.5) is 14.5 Å². The van der Waals surface area contributed by atoms with Gasteiger partial charge in [0, 0.05) is 18.8 Å². The van der Waals surface area contributed by atoms with E-state index >= 15 is 0 Å². The molecule has 1 aromatic heterocycles. The van der Waals surface area contributed by atoms with Gasteiger partial charge in [0.2, 0.25) is 0 Å². The zero-order chi connectivity index (χ0) is 14.0. The summed E-state index contributed by atoms with van der Waals surface area (Å²) in [5.74, 6) is -0.852. The Balaban J connectivity index is 2.25. The van der Waals surface area contributed by atoms with Crippen molar-refractivity contribution in [2.24, 2.45) is 7.05 Å². The van der Waals surface area contributed by atoms with Gasteiger partial charge in [0.05, 0.1) is 17.4 Å². The minimum absolute atomic E-state index is 0.311. The van der Waals surface area contributed by atoms with Crippen molar-refractivity contribution in [2.45, 2.75) is 26.3 Å². The lowest BCUT2D eigenvalue weighted by atomic mass is 10.1. The highest BCUT2D eigenvalue weighted by Gasteiger charge is 2.14. The van der Waals surface area contributed by atoms with Crippen LogP contribution in [-0.4, -0.2) is 9.78 Å². The van der Waals surface area contributed by atoms with Crippen LogP contribution in [0.5, 0.6) is 0 Å². The smallest absolute Gasteiger partial charge is 0.128 e. The maximum atomic E-state index is 13.7. The first-order valence-electron chi connectivity index (χ1n) is 6.25. The summed E-state index contributed by atoms with van der Waals surface area (Å²) < 4.78 is 28.6. The average molecular weight is 265 g/mol. The van der Waals surface area contributed by atoms with Gasteiger partial charge < -0.3 is 5.32 Å². The van der Waals surface area contributed by atoms with Crippen LogP contribution in [0.15, 0.2) is 24.4 Å². The van der Waals surface area contributed by atoms with Gasteiger partial charge in [-0.3, -0.25) is 4.68 Å². The molecular formula is C14H17F2N3. The van der Waals surface area contributed by atoms with E-state index in [1.807, 2.05) is 20.2 Å². The van der Waals surface area contributed by atoms with Crippen molar-refractivity contribution in [1.29, 1.82) is 0 Å². The fourth-order valence-corrected chi connectivity index (χ4v) is 2.07. The third-order valence-corrected chi connectivity index (χ3v) is 3.04. The summed E-state index contributed by atoms with van der Waals surface area (Å²) in [6.45, 7) is 3.80. The molecular weight excluding hydrogens is 248 g/mol. The first-order valence-corrected chi connectivity index (χ1v) is 6.25. The van der Waals surface area contributed by atoms with Gasteiger partial charge in [-0.25, -0.2) is 8.78 Å². The Morgan fingerprint density at radius 1 is 1.37 bits per heavy atom. The second kappa shape index (κ2) is 5.38. The quantitative estimate of drug-likeness (QED) is 0.917. The Hall–Kier alpha value is -1.91. The van der Waals surface area contributed by atoms with Gasteiger partial charge in [-0.05, 0) is 31.5 Å². The molecule has 0 aliphatic carbocycles. The summed E-state index contributed by atoms with van der Waals surface area (Å²) in [5.41, 5.74) is 2.07. The molecule has 5 heteroatoms. The summed E-state index contributed by atoms with van der Waals surface area (Å²) in [5, 5.41) is 7.48. The molecule has 102 valence electrons. The molecule has 1 heterocycles. The van der Waals surface area contributed by atoms with Gasteiger partial charge in [-0.15, -0.1) is 0 Å². The maximum Gasteiger partial charge on any atom is 0.128 e. The van der Waals surface area contributed by atoms with Gasteiger partial charge in [0.1, 0.15) is 11.6 Å². The van der Waals surface area contributed by atoms with Crippen molar-refractivity contribution in [1.82, 2.24) is 9.78 Å². The third-order valence-electron chi connectivity index (χ3n) is 3.04. The molecule has 0 radical (unpaired) electrons. The fraction of sp³-hybridized carbons (Fsp3) is 0.357. The van der Waals surface area contributed by atoms with Crippen molar-refractivity contribution in [2.75, 3.05) is 5.32 Å². The molecule has 0 fully saturated rings. The number of hydrogen-bond acceptors (Lipinski definition) is 2. The predicted octanol–water partition coefficient (Wildman–Crippen LogP) is 3.43. The molecule has 1 unspecified atom stereocenters. The molecule has 3 nitrogen and oxygen atoms in total. The van der Waals surface area contributed by atoms with Crippen molar-refractivity contribution in [3.63, 3.8) is 0 Å². The lowest BCUT2D eigenvalue weighted by Gasteiger charge is -2.16. The van der Waals surface area contributed by atoms with Gasteiger partial charge in [-0.1, -0.05) is 6.92 Å². The van der Waals surface area contributed by atoms with Gasteiger partial charge in [0.25, 0.3) is 0 Å².